The van der Waals surface area contributed by atoms with E-state index in [1.807, 2.05) is 6.08 Å². The third kappa shape index (κ3) is 43.5. The fraction of sp³-hybridized carbons (Fsp3) is 0.647. The molecule has 56 heavy (non-hydrogen) atoms. The van der Waals surface area contributed by atoms with Crippen LogP contribution in [0.5, 0.6) is 0 Å². The van der Waals surface area contributed by atoms with E-state index < -0.39 is 6.10 Å². The van der Waals surface area contributed by atoms with Crippen molar-refractivity contribution >= 4 is 11.9 Å². The lowest BCUT2D eigenvalue weighted by molar-refractivity contribution is -0.162. The van der Waals surface area contributed by atoms with Crippen LogP contribution in [0.1, 0.15) is 188 Å². The SMILES string of the molecule is CC/C=C\C/C=C\C/C=C\C/C=C\CCC(=O)OCC(COCCCCCCCC/C=C\CCCCCC)OC(=O)CCCCC/C=C\C/C=C\C/C=C\CC. The molecule has 0 spiro atoms. The van der Waals surface area contributed by atoms with Crippen molar-refractivity contribution in [2.24, 2.45) is 0 Å². The molecule has 0 rings (SSSR count). The fourth-order valence-electron chi connectivity index (χ4n) is 5.77. The number of carbonyl (C=O) groups excluding carboxylic acids is 2. The fourth-order valence-corrected chi connectivity index (χ4v) is 5.77. The summed E-state index contributed by atoms with van der Waals surface area (Å²) in [5.74, 6) is -0.536. The average molecular weight is 777 g/mol. The molecule has 0 amide bonds. The summed E-state index contributed by atoms with van der Waals surface area (Å²) in [7, 11) is 0. The summed E-state index contributed by atoms with van der Waals surface area (Å²) >= 11 is 0. The number of hydrogen-bond donors (Lipinski definition) is 0. The largest absolute Gasteiger partial charge is 0.462 e. The van der Waals surface area contributed by atoms with E-state index in [2.05, 4.69) is 112 Å². The molecule has 0 radical (unpaired) electrons. The third-order valence-electron chi connectivity index (χ3n) is 9.10. The molecule has 0 aromatic heterocycles. The Kier molecular flexibility index (Phi) is 43.6. The Hall–Kier alpha value is -3.18. The summed E-state index contributed by atoms with van der Waals surface area (Å²) in [6, 6.07) is 0. The predicted molar refractivity (Wildman–Crippen MR) is 242 cm³/mol. The van der Waals surface area contributed by atoms with E-state index in [-0.39, 0.29) is 25.2 Å². The number of unbranched alkanes of at least 4 members (excludes halogenated alkanes) is 13. The van der Waals surface area contributed by atoms with Crippen molar-refractivity contribution in [1.29, 1.82) is 0 Å². The minimum absolute atomic E-state index is 0.0279. The van der Waals surface area contributed by atoms with Crippen molar-refractivity contribution in [2.75, 3.05) is 19.8 Å². The summed E-state index contributed by atoms with van der Waals surface area (Å²) in [5.41, 5.74) is 0. The van der Waals surface area contributed by atoms with Gasteiger partial charge in [-0.05, 0) is 103 Å². The van der Waals surface area contributed by atoms with Crippen LogP contribution in [-0.2, 0) is 23.8 Å². The molecule has 0 aromatic rings. The lowest BCUT2D eigenvalue weighted by atomic mass is 10.1. The molecule has 0 aliphatic carbocycles. The molecule has 0 heterocycles. The summed E-state index contributed by atoms with van der Waals surface area (Å²) in [6.07, 6.45) is 61.4. The summed E-state index contributed by atoms with van der Waals surface area (Å²) in [5, 5.41) is 0. The van der Waals surface area contributed by atoms with Gasteiger partial charge in [-0.25, -0.2) is 0 Å². The second-order valence-corrected chi connectivity index (χ2v) is 14.5. The van der Waals surface area contributed by atoms with Gasteiger partial charge in [0.05, 0.1) is 6.61 Å². The van der Waals surface area contributed by atoms with Crippen molar-refractivity contribution in [2.45, 2.75) is 194 Å². The molecule has 0 aromatic carbocycles. The monoisotopic (exact) mass is 777 g/mol. The average Bonchev–Trinajstić information content (AvgIpc) is 3.20. The first kappa shape index (κ1) is 52.8. The van der Waals surface area contributed by atoms with Crippen molar-refractivity contribution in [1.82, 2.24) is 0 Å². The molecule has 0 aliphatic heterocycles. The number of ether oxygens (including phenoxy) is 3. The molecule has 0 aliphatic rings. The number of hydrogen-bond acceptors (Lipinski definition) is 5. The van der Waals surface area contributed by atoms with Gasteiger partial charge < -0.3 is 14.2 Å². The summed E-state index contributed by atoms with van der Waals surface area (Å²) < 4.78 is 17.2. The standard InChI is InChI=1S/C51H84O5/c1-4-7-10-13-16-19-22-25-28-31-34-37-40-43-46-54-47-49(56-51(53)45-42-39-36-33-30-27-24-21-18-15-12-9-6-3)48-55-50(52)44-41-38-35-32-29-26-23-20-17-14-11-8-5-2/h8-9,11-12,17-22,26-27,29-30,35,38,49H,4-7,10,13-16,23-25,28,31-34,36-37,39-48H2,1-3H3/b11-8-,12-9-,20-17-,21-18-,22-19-,29-26-,30-27-,38-35-. The first-order chi connectivity index (χ1) is 27.6. The van der Waals surface area contributed by atoms with Crippen LogP contribution in [0, 0.1) is 0 Å². The van der Waals surface area contributed by atoms with E-state index in [9.17, 15) is 9.59 Å². The Morgan fingerprint density at radius 2 is 0.839 bits per heavy atom. The van der Waals surface area contributed by atoms with Crippen LogP contribution in [0.3, 0.4) is 0 Å². The van der Waals surface area contributed by atoms with Crippen LogP contribution in [0.2, 0.25) is 0 Å². The van der Waals surface area contributed by atoms with E-state index in [0.717, 1.165) is 83.5 Å². The normalized spacial score (nSPS) is 13.1. The molecule has 5 heteroatoms. The highest BCUT2D eigenvalue weighted by Crippen LogP contribution is 2.11. The van der Waals surface area contributed by atoms with E-state index in [0.29, 0.717) is 25.9 Å². The predicted octanol–water partition coefficient (Wildman–Crippen LogP) is 15.1. The van der Waals surface area contributed by atoms with Crippen LogP contribution in [0.4, 0.5) is 0 Å². The minimum Gasteiger partial charge on any atom is -0.462 e. The van der Waals surface area contributed by atoms with Crippen LogP contribution in [0.15, 0.2) is 97.2 Å². The van der Waals surface area contributed by atoms with E-state index in [1.165, 1.54) is 64.2 Å². The molecular formula is C51H84O5. The number of esters is 2. The second-order valence-electron chi connectivity index (χ2n) is 14.5. The van der Waals surface area contributed by atoms with E-state index in [1.54, 1.807) is 0 Å². The number of allylic oxidation sites excluding steroid dienone is 16. The highest BCUT2D eigenvalue weighted by atomic mass is 16.6. The molecule has 0 saturated heterocycles. The first-order valence-corrected chi connectivity index (χ1v) is 22.8. The zero-order valence-corrected chi connectivity index (χ0v) is 36.4. The van der Waals surface area contributed by atoms with Crippen molar-refractivity contribution in [3.8, 4) is 0 Å². The Balaban J connectivity index is 4.43. The van der Waals surface area contributed by atoms with Gasteiger partial charge >= 0.3 is 11.9 Å². The van der Waals surface area contributed by atoms with Gasteiger partial charge in [-0.2, -0.15) is 0 Å². The first-order valence-electron chi connectivity index (χ1n) is 22.8. The maximum atomic E-state index is 12.7. The van der Waals surface area contributed by atoms with Crippen molar-refractivity contribution in [3.63, 3.8) is 0 Å². The van der Waals surface area contributed by atoms with Gasteiger partial charge in [0, 0.05) is 19.4 Å². The second kappa shape index (κ2) is 46.2. The molecule has 0 N–H and O–H groups in total. The van der Waals surface area contributed by atoms with Crippen LogP contribution in [0.25, 0.3) is 0 Å². The van der Waals surface area contributed by atoms with Gasteiger partial charge in [0.25, 0.3) is 0 Å². The quantitative estimate of drug-likeness (QED) is 0.0352. The number of rotatable bonds is 40. The highest BCUT2D eigenvalue weighted by molar-refractivity contribution is 5.70. The summed E-state index contributed by atoms with van der Waals surface area (Å²) in [4.78, 5) is 25.2. The van der Waals surface area contributed by atoms with E-state index >= 15 is 0 Å². The van der Waals surface area contributed by atoms with Crippen LogP contribution >= 0.6 is 0 Å². The highest BCUT2D eigenvalue weighted by Gasteiger charge is 2.17. The Labute approximate surface area is 345 Å². The smallest absolute Gasteiger partial charge is 0.306 e. The zero-order chi connectivity index (χ0) is 40.7. The Morgan fingerprint density at radius 3 is 1.38 bits per heavy atom. The third-order valence-corrected chi connectivity index (χ3v) is 9.10. The Morgan fingerprint density at radius 1 is 0.411 bits per heavy atom. The van der Waals surface area contributed by atoms with E-state index in [4.69, 9.17) is 14.2 Å². The molecule has 0 bridgehead atoms. The molecule has 1 unspecified atom stereocenters. The summed E-state index contributed by atoms with van der Waals surface area (Å²) in [6.45, 7) is 7.44. The van der Waals surface area contributed by atoms with Gasteiger partial charge in [0.2, 0.25) is 0 Å². The maximum Gasteiger partial charge on any atom is 0.306 e. The Bertz CT molecular complexity index is 1110. The van der Waals surface area contributed by atoms with Crippen LogP contribution in [-0.4, -0.2) is 37.9 Å². The van der Waals surface area contributed by atoms with Gasteiger partial charge in [-0.3, -0.25) is 9.59 Å². The molecule has 0 saturated carbocycles. The molecule has 318 valence electrons. The van der Waals surface area contributed by atoms with Crippen molar-refractivity contribution < 1.29 is 23.8 Å². The molecular weight excluding hydrogens is 693 g/mol. The lowest BCUT2D eigenvalue weighted by Crippen LogP contribution is -2.30. The molecule has 1 atom stereocenters. The van der Waals surface area contributed by atoms with Gasteiger partial charge in [-0.1, -0.05) is 169 Å². The lowest BCUT2D eigenvalue weighted by Gasteiger charge is -2.18. The zero-order valence-electron chi connectivity index (χ0n) is 36.4. The topological polar surface area (TPSA) is 61.8 Å². The molecule has 5 nitrogen and oxygen atoms in total. The van der Waals surface area contributed by atoms with Gasteiger partial charge in [0.1, 0.15) is 6.61 Å². The number of carbonyl (C=O) groups is 2. The van der Waals surface area contributed by atoms with Gasteiger partial charge in [-0.15, -0.1) is 0 Å². The maximum absolute atomic E-state index is 12.7. The van der Waals surface area contributed by atoms with Crippen LogP contribution < -0.4 is 0 Å². The van der Waals surface area contributed by atoms with Gasteiger partial charge in [0.15, 0.2) is 6.10 Å². The molecule has 0 fully saturated rings. The minimum atomic E-state index is -0.586. The van der Waals surface area contributed by atoms with Crippen molar-refractivity contribution in [3.05, 3.63) is 97.2 Å².